The molecule has 1 aliphatic rings. The number of nitrogens with one attached hydrogen (secondary N) is 2. The number of anilines is 1. The SMILES string of the molecule is O=C(c1ccc(CNc2n[nH]c3ccccc23)cc1)N1CCN(C(=O)c2ccc(C(F)(F)F)cc2Cl)CC1. The highest BCUT2D eigenvalue weighted by Crippen LogP contribution is 2.32. The van der Waals surface area contributed by atoms with Crippen LogP contribution >= 0.6 is 11.6 Å². The molecule has 7 nitrogen and oxygen atoms in total. The third-order valence-corrected chi connectivity index (χ3v) is 6.82. The molecule has 5 rings (SSSR count). The molecule has 0 atom stereocenters. The lowest BCUT2D eigenvalue weighted by Gasteiger charge is -2.35. The van der Waals surface area contributed by atoms with Gasteiger partial charge in [0, 0.05) is 43.7 Å². The second-order valence-corrected chi connectivity index (χ2v) is 9.35. The van der Waals surface area contributed by atoms with E-state index in [2.05, 4.69) is 15.5 Å². The van der Waals surface area contributed by atoms with E-state index in [1.54, 1.807) is 17.0 Å². The van der Waals surface area contributed by atoms with Gasteiger partial charge in [0.25, 0.3) is 11.8 Å². The van der Waals surface area contributed by atoms with E-state index < -0.39 is 17.6 Å². The van der Waals surface area contributed by atoms with E-state index in [1.165, 1.54) is 4.90 Å². The second kappa shape index (κ2) is 10.4. The fourth-order valence-corrected chi connectivity index (χ4v) is 4.64. The van der Waals surface area contributed by atoms with Crippen LogP contribution in [0.5, 0.6) is 0 Å². The molecule has 1 aromatic heterocycles. The van der Waals surface area contributed by atoms with Crippen molar-refractivity contribution in [1.29, 1.82) is 0 Å². The van der Waals surface area contributed by atoms with Gasteiger partial charge in [-0.05, 0) is 48.0 Å². The zero-order valence-electron chi connectivity index (χ0n) is 20.1. The molecule has 0 spiro atoms. The molecule has 2 N–H and O–H groups in total. The highest BCUT2D eigenvalue weighted by Gasteiger charge is 2.32. The van der Waals surface area contributed by atoms with Gasteiger partial charge in [-0.3, -0.25) is 14.7 Å². The van der Waals surface area contributed by atoms with Crippen molar-refractivity contribution in [2.24, 2.45) is 0 Å². The van der Waals surface area contributed by atoms with Crippen molar-refractivity contribution < 1.29 is 22.8 Å². The van der Waals surface area contributed by atoms with Crippen LogP contribution in [0.15, 0.2) is 66.7 Å². The first-order valence-corrected chi connectivity index (χ1v) is 12.3. The average molecular weight is 542 g/mol. The quantitative estimate of drug-likeness (QED) is 0.352. The van der Waals surface area contributed by atoms with Crippen molar-refractivity contribution in [1.82, 2.24) is 20.0 Å². The van der Waals surface area contributed by atoms with E-state index in [9.17, 15) is 22.8 Å². The van der Waals surface area contributed by atoms with Crippen molar-refractivity contribution in [2.45, 2.75) is 12.7 Å². The summed E-state index contributed by atoms with van der Waals surface area (Å²) < 4.78 is 38.7. The molecule has 2 heterocycles. The molecule has 0 unspecified atom stereocenters. The number of nitrogens with zero attached hydrogens (tertiary/aromatic N) is 3. The summed E-state index contributed by atoms with van der Waals surface area (Å²) >= 11 is 5.98. The van der Waals surface area contributed by atoms with Gasteiger partial charge in [0.2, 0.25) is 0 Å². The Kier molecular flexibility index (Phi) is 6.98. The van der Waals surface area contributed by atoms with Gasteiger partial charge in [-0.1, -0.05) is 35.9 Å². The molecule has 1 saturated heterocycles. The van der Waals surface area contributed by atoms with E-state index in [0.717, 1.165) is 40.5 Å². The van der Waals surface area contributed by atoms with Gasteiger partial charge in [-0.2, -0.15) is 18.3 Å². The number of aromatic amines is 1. The summed E-state index contributed by atoms with van der Waals surface area (Å²) in [4.78, 5) is 29.0. The molecule has 196 valence electrons. The number of piperazine rings is 1. The van der Waals surface area contributed by atoms with Crippen LogP contribution in [0.25, 0.3) is 10.9 Å². The summed E-state index contributed by atoms with van der Waals surface area (Å²) in [6, 6.07) is 17.8. The molecular weight excluding hydrogens is 519 g/mol. The van der Waals surface area contributed by atoms with E-state index in [-0.39, 0.29) is 29.6 Å². The molecule has 1 aliphatic heterocycles. The first-order valence-electron chi connectivity index (χ1n) is 11.9. The summed E-state index contributed by atoms with van der Waals surface area (Å²) in [5, 5.41) is 11.3. The van der Waals surface area contributed by atoms with E-state index in [1.807, 2.05) is 36.4 Å². The van der Waals surface area contributed by atoms with Crippen molar-refractivity contribution in [2.75, 3.05) is 31.5 Å². The van der Waals surface area contributed by atoms with Gasteiger partial charge in [-0.25, -0.2) is 0 Å². The van der Waals surface area contributed by atoms with Gasteiger partial charge in [0.15, 0.2) is 5.82 Å². The number of amides is 2. The van der Waals surface area contributed by atoms with E-state index >= 15 is 0 Å². The Labute approximate surface area is 221 Å². The number of hydrogen-bond acceptors (Lipinski definition) is 4. The van der Waals surface area contributed by atoms with Gasteiger partial charge >= 0.3 is 6.18 Å². The highest BCUT2D eigenvalue weighted by atomic mass is 35.5. The number of alkyl halides is 3. The Hall–Kier alpha value is -4.05. The Morgan fingerprint density at radius 1 is 0.921 bits per heavy atom. The van der Waals surface area contributed by atoms with Crippen LogP contribution in [0.4, 0.5) is 19.0 Å². The molecule has 0 aliphatic carbocycles. The number of halogens is 4. The van der Waals surface area contributed by atoms with E-state index in [0.29, 0.717) is 25.2 Å². The maximum atomic E-state index is 13.0. The summed E-state index contributed by atoms with van der Waals surface area (Å²) in [6.07, 6.45) is -4.54. The first-order chi connectivity index (χ1) is 18.2. The minimum Gasteiger partial charge on any atom is -0.364 e. The zero-order valence-corrected chi connectivity index (χ0v) is 20.8. The minimum absolute atomic E-state index is 0.00600. The summed E-state index contributed by atoms with van der Waals surface area (Å²) in [5.41, 5.74) is 1.56. The number of fused-ring (bicyclic) bond motifs is 1. The molecule has 0 saturated carbocycles. The summed E-state index contributed by atoms with van der Waals surface area (Å²) in [7, 11) is 0. The van der Waals surface area contributed by atoms with Crippen molar-refractivity contribution >= 4 is 40.1 Å². The first kappa shape index (κ1) is 25.6. The number of carbonyl (C=O) groups excluding carboxylic acids is 2. The third-order valence-electron chi connectivity index (χ3n) is 6.51. The van der Waals surface area contributed by atoms with Crippen LogP contribution in [-0.2, 0) is 12.7 Å². The standard InChI is InChI=1S/C27H23ClF3N5O2/c28-22-15-19(27(29,30)31)9-10-20(22)26(38)36-13-11-35(12-14-36)25(37)18-7-5-17(6-8-18)16-32-24-21-3-1-2-4-23(21)33-34-24/h1-10,15H,11-14,16H2,(H2,32,33,34). The van der Waals surface area contributed by atoms with Crippen LogP contribution in [0.3, 0.4) is 0 Å². The Bertz CT molecular complexity index is 1480. The third kappa shape index (κ3) is 5.31. The maximum absolute atomic E-state index is 13.0. The minimum atomic E-state index is -4.54. The van der Waals surface area contributed by atoms with Crippen LogP contribution in [0.2, 0.25) is 5.02 Å². The van der Waals surface area contributed by atoms with Crippen molar-refractivity contribution in [3.05, 3.63) is 94.0 Å². The summed E-state index contributed by atoms with van der Waals surface area (Å²) in [5.74, 6) is 0.144. The van der Waals surface area contributed by atoms with Crippen molar-refractivity contribution in [3.63, 3.8) is 0 Å². The Balaban J connectivity index is 1.16. The molecule has 11 heteroatoms. The van der Waals surface area contributed by atoms with Crippen LogP contribution < -0.4 is 5.32 Å². The number of benzene rings is 3. The van der Waals surface area contributed by atoms with E-state index in [4.69, 9.17) is 11.6 Å². The number of hydrogen-bond donors (Lipinski definition) is 2. The van der Waals surface area contributed by atoms with Crippen LogP contribution in [0, 0.1) is 0 Å². The molecule has 0 radical (unpaired) electrons. The number of para-hydroxylation sites is 1. The zero-order chi connectivity index (χ0) is 26.9. The molecule has 38 heavy (non-hydrogen) atoms. The smallest absolute Gasteiger partial charge is 0.364 e. The monoisotopic (exact) mass is 541 g/mol. The Morgan fingerprint density at radius 3 is 2.24 bits per heavy atom. The van der Waals surface area contributed by atoms with Gasteiger partial charge in [0.05, 0.1) is 21.7 Å². The highest BCUT2D eigenvalue weighted by molar-refractivity contribution is 6.33. The van der Waals surface area contributed by atoms with Gasteiger partial charge in [0.1, 0.15) is 0 Å². The van der Waals surface area contributed by atoms with Gasteiger partial charge < -0.3 is 15.1 Å². The largest absolute Gasteiger partial charge is 0.416 e. The number of H-pyrrole nitrogens is 1. The lowest BCUT2D eigenvalue weighted by atomic mass is 10.1. The van der Waals surface area contributed by atoms with Gasteiger partial charge in [-0.15, -0.1) is 0 Å². The number of carbonyl (C=O) groups is 2. The Morgan fingerprint density at radius 2 is 1.58 bits per heavy atom. The fraction of sp³-hybridized carbons (Fsp3) is 0.222. The molecule has 3 aromatic carbocycles. The number of aromatic nitrogens is 2. The predicted octanol–water partition coefficient (Wildman–Crippen LogP) is 5.45. The predicted molar refractivity (Wildman–Crippen MR) is 138 cm³/mol. The second-order valence-electron chi connectivity index (χ2n) is 8.95. The molecular formula is C27H23ClF3N5O2. The molecule has 4 aromatic rings. The average Bonchev–Trinajstić information content (AvgIpc) is 3.34. The lowest BCUT2D eigenvalue weighted by molar-refractivity contribution is -0.137. The fourth-order valence-electron chi connectivity index (χ4n) is 4.38. The summed E-state index contributed by atoms with van der Waals surface area (Å²) in [6.45, 7) is 1.65. The molecule has 2 amide bonds. The lowest BCUT2D eigenvalue weighted by Crippen LogP contribution is -2.50. The van der Waals surface area contributed by atoms with Crippen LogP contribution in [0.1, 0.15) is 31.8 Å². The number of rotatable bonds is 5. The van der Waals surface area contributed by atoms with Crippen molar-refractivity contribution in [3.8, 4) is 0 Å². The molecule has 0 bridgehead atoms. The normalized spacial score (nSPS) is 14.1. The van der Waals surface area contributed by atoms with Crippen LogP contribution in [-0.4, -0.2) is 58.0 Å². The topological polar surface area (TPSA) is 81.3 Å². The maximum Gasteiger partial charge on any atom is 0.416 e. The molecule has 1 fully saturated rings.